The second-order valence-electron chi connectivity index (χ2n) is 2.72. The lowest BCUT2D eigenvalue weighted by atomic mass is 10.4. The van der Waals surface area contributed by atoms with Crippen LogP contribution in [0.25, 0.3) is 0 Å². The largest absolute Gasteiger partial charge is 0.203 e. The van der Waals surface area contributed by atoms with E-state index in [2.05, 4.69) is 26.1 Å². The van der Waals surface area contributed by atoms with Crippen molar-refractivity contribution in [1.29, 1.82) is 0 Å². The van der Waals surface area contributed by atoms with Crippen molar-refractivity contribution in [2.75, 3.05) is 20.6 Å². The van der Waals surface area contributed by atoms with Gasteiger partial charge in [-0.15, -0.1) is 0 Å². The van der Waals surface area contributed by atoms with Crippen molar-refractivity contribution >= 4 is 6.21 Å². The minimum atomic E-state index is 0.757. The van der Waals surface area contributed by atoms with E-state index >= 15 is 0 Å². The molecule has 0 saturated heterocycles. The van der Waals surface area contributed by atoms with Gasteiger partial charge < -0.3 is 0 Å². The van der Waals surface area contributed by atoms with Crippen molar-refractivity contribution in [2.45, 2.75) is 20.3 Å². The van der Waals surface area contributed by atoms with Crippen LogP contribution in [0, 0.1) is 0 Å². The average Bonchev–Trinajstić information content (AvgIpc) is 1.64. The molecule has 9 heavy (non-hydrogen) atoms. The predicted molar refractivity (Wildman–Crippen MR) is 41.4 cm³/mol. The summed E-state index contributed by atoms with van der Waals surface area (Å²) in [4.78, 5) is 0. The molecule has 0 fully saturated rings. The number of nitrogens with zero attached hydrogens (tertiary/aromatic N) is 2. The highest BCUT2D eigenvalue weighted by molar-refractivity contribution is 5.52. The maximum absolute atomic E-state index is 4.26. The summed E-state index contributed by atoms with van der Waals surface area (Å²) >= 11 is 0. The first kappa shape index (κ1) is 8.63. The molecule has 0 radical (unpaired) electrons. The molecule has 0 saturated carbocycles. The Morgan fingerprint density at radius 3 is 2.33 bits per heavy atom. The Morgan fingerprint density at radius 1 is 1.44 bits per heavy atom. The van der Waals surface area contributed by atoms with Crippen LogP contribution >= 0.6 is 0 Å². The van der Waals surface area contributed by atoms with Crippen molar-refractivity contribution in [3.8, 4) is 0 Å². The smallest absolute Gasteiger partial charge is 0.102 e. The van der Waals surface area contributed by atoms with Gasteiger partial charge in [-0.25, -0.2) is 4.59 Å². The van der Waals surface area contributed by atoms with E-state index in [1.165, 1.54) is 6.42 Å². The van der Waals surface area contributed by atoms with Crippen LogP contribution in [-0.4, -0.2) is 31.4 Å². The fourth-order valence-corrected chi connectivity index (χ4v) is 0.918. The van der Waals surface area contributed by atoms with E-state index in [0.717, 1.165) is 11.1 Å². The number of quaternary nitrogens is 1. The van der Waals surface area contributed by atoms with Crippen LogP contribution in [0.4, 0.5) is 0 Å². The molecule has 0 aromatic heterocycles. The van der Waals surface area contributed by atoms with Crippen LogP contribution in [0.1, 0.15) is 20.3 Å². The van der Waals surface area contributed by atoms with E-state index in [-0.39, 0.29) is 0 Å². The minimum absolute atomic E-state index is 0.757. The summed E-state index contributed by atoms with van der Waals surface area (Å²) in [6.07, 6.45) is 3.04. The number of hydrogen-bond donors (Lipinski definition) is 0. The monoisotopic (exact) mass is 129 g/mol. The Kier molecular flexibility index (Phi) is 3.47. The van der Waals surface area contributed by atoms with Gasteiger partial charge in [-0.1, -0.05) is 12.0 Å². The zero-order valence-electron chi connectivity index (χ0n) is 6.89. The van der Waals surface area contributed by atoms with Crippen molar-refractivity contribution in [3.05, 3.63) is 0 Å². The molecule has 0 unspecified atom stereocenters. The molecule has 2 nitrogen and oxygen atoms in total. The molecule has 0 N–H and O–H groups in total. The summed E-state index contributed by atoms with van der Waals surface area (Å²) in [5.41, 5.74) is 0. The lowest BCUT2D eigenvalue weighted by molar-refractivity contribution is -0.896. The highest BCUT2D eigenvalue weighted by Gasteiger charge is 2.08. The van der Waals surface area contributed by atoms with Gasteiger partial charge in [-0.3, -0.25) is 0 Å². The Balaban J connectivity index is 3.70. The van der Waals surface area contributed by atoms with Gasteiger partial charge in [0.15, 0.2) is 0 Å². The first-order valence-electron chi connectivity index (χ1n) is 3.45. The van der Waals surface area contributed by atoms with Crippen molar-refractivity contribution in [1.82, 2.24) is 0 Å². The first-order valence-corrected chi connectivity index (χ1v) is 3.45. The summed E-state index contributed by atoms with van der Waals surface area (Å²) in [6, 6.07) is 0. The topological polar surface area (TPSA) is 12.4 Å². The highest BCUT2D eigenvalue weighted by Crippen LogP contribution is 1.97. The molecule has 0 atom stereocenters. The second-order valence-corrected chi connectivity index (χ2v) is 2.72. The van der Waals surface area contributed by atoms with Crippen molar-refractivity contribution < 1.29 is 4.59 Å². The summed E-state index contributed by atoms with van der Waals surface area (Å²) in [7, 11) is 4.20. The van der Waals surface area contributed by atoms with Gasteiger partial charge in [0.25, 0.3) is 0 Å². The summed E-state index contributed by atoms with van der Waals surface area (Å²) in [6.45, 7) is 5.24. The normalized spacial score (nSPS) is 12.9. The third-order valence-electron chi connectivity index (χ3n) is 1.20. The van der Waals surface area contributed by atoms with Crippen LogP contribution < -0.4 is 0 Å². The molecule has 0 spiro atoms. The third-order valence-corrected chi connectivity index (χ3v) is 1.20. The Labute approximate surface area is 57.8 Å². The van der Waals surface area contributed by atoms with Crippen molar-refractivity contribution in [3.63, 3.8) is 0 Å². The number of rotatable bonds is 3. The molecule has 0 aromatic carbocycles. The predicted octanol–water partition coefficient (Wildman–Crippen LogP) is 1.48. The standard InChI is InChI=1S/C7H17N2/c1-5-7-9(3,4)8-6-2/h6H,5,7H2,1-4H3/q+1/b8-6+. The second kappa shape index (κ2) is 3.62. The van der Waals surface area contributed by atoms with E-state index < -0.39 is 0 Å². The van der Waals surface area contributed by atoms with Gasteiger partial charge in [0.1, 0.15) is 6.54 Å². The van der Waals surface area contributed by atoms with E-state index in [0.29, 0.717) is 0 Å². The summed E-state index contributed by atoms with van der Waals surface area (Å²) in [5.74, 6) is 0. The van der Waals surface area contributed by atoms with E-state index in [9.17, 15) is 0 Å². The maximum Gasteiger partial charge on any atom is 0.102 e. The Morgan fingerprint density at radius 2 is 2.00 bits per heavy atom. The molecular formula is C7H17N2+. The van der Waals surface area contributed by atoms with Crippen LogP contribution in [0.5, 0.6) is 0 Å². The molecule has 0 aliphatic rings. The minimum Gasteiger partial charge on any atom is -0.203 e. The fourth-order valence-electron chi connectivity index (χ4n) is 0.918. The average molecular weight is 129 g/mol. The zero-order valence-corrected chi connectivity index (χ0v) is 6.89. The third kappa shape index (κ3) is 4.15. The van der Waals surface area contributed by atoms with Gasteiger partial charge >= 0.3 is 0 Å². The molecule has 0 heterocycles. The molecule has 0 amide bonds. The van der Waals surface area contributed by atoms with Gasteiger partial charge in [-0.05, 0) is 13.3 Å². The quantitative estimate of drug-likeness (QED) is 0.311. The van der Waals surface area contributed by atoms with E-state index in [1.807, 2.05) is 13.1 Å². The van der Waals surface area contributed by atoms with Gasteiger partial charge in [0.2, 0.25) is 0 Å². The van der Waals surface area contributed by atoms with Crippen LogP contribution in [0.3, 0.4) is 0 Å². The SMILES string of the molecule is C/C=N/[N+](C)(C)CCC. The first-order chi connectivity index (χ1) is 4.12. The van der Waals surface area contributed by atoms with E-state index in [4.69, 9.17) is 0 Å². The van der Waals surface area contributed by atoms with Crippen molar-refractivity contribution in [2.24, 2.45) is 5.10 Å². The zero-order chi connectivity index (χ0) is 7.33. The van der Waals surface area contributed by atoms with Crippen LogP contribution in [0.2, 0.25) is 0 Å². The van der Waals surface area contributed by atoms with Crippen LogP contribution in [0.15, 0.2) is 5.10 Å². The maximum atomic E-state index is 4.26. The summed E-state index contributed by atoms with van der Waals surface area (Å²) in [5, 5.41) is 4.26. The lowest BCUT2D eigenvalue weighted by Gasteiger charge is -2.20. The Bertz CT molecular complexity index is 95.1. The van der Waals surface area contributed by atoms with Crippen LogP contribution in [-0.2, 0) is 0 Å². The molecule has 54 valence electrons. The van der Waals surface area contributed by atoms with Gasteiger partial charge in [-0.2, -0.15) is 0 Å². The molecule has 0 aliphatic carbocycles. The highest BCUT2D eigenvalue weighted by atomic mass is 15.6. The molecular weight excluding hydrogens is 112 g/mol. The molecule has 2 heteroatoms. The fraction of sp³-hybridized carbons (Fsp3) is 0.857. The lowest BCUT2D eigenvalue weighted by Crippen LogP contribution is -2.33. The van der Waals surface area contributed by atoms with E-state index in [1.54, 1.807) is 0 Å². The molecule has 0 rings (SSSR count). The Hall–Kier alpha value is -0.370. The van der Waals surface area contributed by atoms with Gasteiger partial charge in [0.05, 0.1) is 20.3 Å². The molecule has 0 bridgehead atoms. The number of hydrogen-bond acceptors (Lipinski definition) is 1. The van der Waals surface area contributed by atoms with Gasteiger partial charge in [0, 0.05) is 0 Å². The summed E-state index contributed by atoms with van der Waals surface area (Å²) < 4.78 is 0.757. The molecule has 0 aliphatic heterocycles. The molecule has 0 aromatic rings.